The van der Waals surface area contributed by atoms with E-state index in [0.29, 0.717) is 0 Å². The first-order valence-corrected chi connectivity index (χ1v) is 6.24. The van der Waals surface area contributed by atoms with Gasteiger partial charge >= 0.3 is 0 Å². The van der Waals surface area contributed by atoms with E-state index in [4.69, 9.17) is 0 Å². The smallest absolute Gasteiger partial charge is 0.267 e. The van der Waals surface area contributed by atoms with Gasteiger partial charge in [-0.15, -0.1) is 0 Å². The molecule has 0 heterocycles. The first-order valence-electron chi connectivity index (χ1n) is 4.78. The second kappa shape index (κ2) is 9.62. The number of nitrogens with one attached hydrogen (secondary N) is 1. The maximum Gasteiger partial charge on any atom is 0.267 e. The summed E-state index contributed by atoms with van der Waals surface area (Å²) in [5.41, 5.74) is 0. The van der Waals surface area contributed by atoms with Crippen molar-refractivity contribution < 1.29 is 23.4 Å². The fourth-order valence-electron chi connectivity index (χ4n) is 0.353. The van der Waals surface area contributed by atoms with Crippen LogP contribution in [0.25, 0.3) is 0 Å². The molecule has 1 N–H and O–H groups in total. The van der Waals surface area contributed by atoms with Crippen molar-refractivity contribution in [2.24, 2.45) is 0 Å². The summed E-state index contributed by atoms with van der Waals surface area (Å²) in [5, 5.41) is 0. The van der Waals surface area contributed by atoms with Gasteiger partial charge in [-0.2, -0.15) is 0 Å². The molecular formula is C8H22NO4P. The summed E-state index contributed by atoms with van der Waals surface area (Å²) in [5.74, 6) is 0. The Bertz CT molecular complexity index is 153. The van der Waals surface area contributed by atoms with Gasteiger partial charge in [0.05, 0.1) is 33.9 Å². The van der Waals surface area contributed by atoms with Crippen molar-refractivity contribution in [3.63, 3.8) is 0 Å². The Morgan fingerprint density at radius 3 is 1.57 bits per heavy atom. The number of phosphoric ester groups is 1. The summed E-state index contributed by atoms with van der Waals surface area (Å²) >= 11 is 0. The molecule has 0 aromatic rings. The molecule has 88 valence electrons. The highest BCUT2D eigenvalue weighted by atomic mass is 31.2. The highest BCUT2D eigenvalue weighted by Crippen LogP contribution is 2.37. The van der Waals surface area contributed by atoms with Crippen molar-refractivity contribution in [3.8, 4) is 0 Å². The zero-order valence-electron chi connectivity index (χ0n) is 9.70. The van der Waals surface area contributed by atoms with Crippen LogP contribution in [-0.4, -0.2) is 33.9 Å². The summed E-state index contributed by atoms with van der Waals surface area (Å²) in [6, 6.07) is 0. The lowest BCUT2D eigenvalue weighted by Gasteiger charge is -2.20. The minimum atomic E-state index is -3.94. The second-order valence-corrected chi connectivity index (χ2v) is 4.25. The average Bonchev–Trinajstić information content (AvgIpc) is 2.05. The van der Waals surface area contributed by atoms with Crippen LogP contribution in [0.2, 0.25) is 0 Å². The van der Waals surface area contributed by atoms with E-state index in [2.05, 4.69) is 30.1 Å². The standard InChI is InChI=1S/C4H11N.C4H11O4P/c1-4-5(2)3;1-3-7-9(5,6)8-4-2/h4H2,1-3H3;3-4H2,1-2H3,(H,5,6). The van der Waals surface area contributed by atoms with Gasteiger partial charge in [0.15, 0.2) is 0 Å². The van der Waals surface area contributed by atoms with E-state index >= 15 is 0 Å². The molecule has 0 amide bonds. The molecule has 0 saturated heterocycles. The maximum absolute atomic E-state index is 10.4. The Balaban J connectivity index is 0. The lowest BCUT2D eigenvalue weighted by molar-refractivity contribution is -0.856. The summed E-state index contributed by atoms with van der Waals surface area (Å²) in [6.07, 6.45) is 0. The van der Waals surface area contributed by atoms with E-state index in [1.54, 1.807) is 13.8 Å². The molecule has 0 aromatic carbocycles. The van der Waals surface area contributed by atoms with Crippen molar-refractivity contribution >= 4 is 7.82 Å². The zero-order valence-corrected chi connectivity index (χ0v) is 10.6. The molecule has 0 aliphatic rings. The quantitative estimate of drug-likeness (QED) is 0.654. The fraction of sp³-hybridized carbons (Fsp3) is 1.00. The fourth-order valence-corrected chi connectivity index (χ4v) is 1.06. The topological polar surface area (TPSA) is 63.0 Å². The van der Waals surface area contributed by atoms with Crippen LogP contribution in [0.4, 0.5) is 0 Å². The van der Waals surface area contributed by atoms with Crippen LogP contribution in [0.3, 0.4) is 0 Å². The van der Waals surface area contributed by atoms with Gasteiger partial charge in [-0.1, -0.05) is 0 Å². The molecule has 5 nitrogen and oxygen atoms in total. The average molecular weight is 227 g/mol. The van der Waals surface area contributed by atoms with Gasteiger partial charge in [-0.05, 0) is 20.8 Å². The second-order valence-electron chi connectivity index (χ2n) is 2.84. The first-order chi connectivity index (χ1) is 6.39. The van der Waals surface area contributed by atoms with Gasteiger partial charge in [0.2, 0.25) is 0 Å². The largest absolute Gasteiger partial charge is 0.756 e. The predicted molar refractivity (Wildman–Crippen MR) is 54.2 cm³/mol. The minimum Gasteiger partial charge on any atom is -0.756 e. The molecule has 0 aromatic heterocycles. The van der Waals surface area contributed by atoms with E-state index in [-0.39, 0.29) is 13.2 Å². The van der Waals surface area contributed by atoms with Gasteiger partial charge in [-0.3, -0.25) is 4.57 Å². The molecule has 0 fully saturated rings. The molecule has 14 heavy (non-hydrogen) atoms. The van der Waals surface area contributed by atoms with Crippen LogP contribution in [-0.2, 0) is 13.6 Å². The third-order valence-electron chi connectivity index (χ3n) is 1.28. The van der Waals surface area contributed by atoms with Gasteiger partial charge in [0.25, 0.3) is 7.82 Å². The van der Waals surface area contributed by atoms with Crippen LogP contribution in [0, 0.1) is 0 Å². The van der Waals surface area contributed by atoms with Gasteiger partial charge in [0, 0.05) is 0 Å². The summed E-state index contributed by atoms with van der Waals surface area (Å²) in [7, 11) is 0.335. The van der Waals surface area contributed by atoms with E-state index < -0.39 is 7.82 Å². The predicted octanol–water partition coefficient (Wildman–Crippen LogP) is -0.321. The molecule has 0 rings (SSSR count). The minimum absolute atomic E-state index is 0.126. The van der Waals surface area contributed by atoms with Crippen molar-refractivity contribution in [1.82, 2.24) is 0 Å². The number of hydrogen-bond acceptors (Lipinski definition) is 4. The van der Waals surface area contributed by atoms with Gasteiger partial charge in [-0.25, -0.2) is 0 Å². The molecule has 0 saturated carbocycles. The van der Waals surface area contributed by atoms with Crippen LogP contribution in [0.1, 0.15) is 20.8 Å². The molecular weight excluding hydrogens is 205 g/mol. The molecule has 0 aliphatic heterocycles. The van der Waals surface area contributed by atoms with Crippen molar-refractivity contribution in [2.45, 2.75) is 20.8 Å². The number of hydrogen-bond donors (Lipinski definition) is 1. The maximum atomic E-state index is 10.4. The SMILES string of the molecule is CCOP(=O)([O-])OCC.CC[NH+](C)C. The Morgan fingerprint density at radius 2 is 1.43 bits per heavy atom. The lowest BCUT2D eigenvalue weighted by atomic mass is 10.7. The molecule has 0 aliphatic carbocycles. The highest BCUT2D eigenvalue weighted by molar-refractivity contribution is 7.45. The van der Waals surface area contributed by atoms with E-state index in [0.717, 1.165) is 0 Å². The number of rotatable bonds is 5. The third-order valence-corrected chi connectivity index (χ3v) is 2.43. The van der Waals surface area contributed by atoms with Crippen molar-refractivity contribution in [3.05, 3.63) is 0 Å². The number of phosphoric acid groups is 1. The van der Waals surface area contributed by atoms with Gasteiger partial charge in [0.1, 0.15) is 0 Å². The van der Waals surface area contributed by atoms with Crippen molar-refractivity contribution in [2.75, 3.05) is 33.9 Å². The molecule has 0 radical (unpaired) electrons. The summed E-state index contributed by atoms with van der Waals surface area (Å²) in [6.45, 7) is 6.81. The molecule has 6 heteroatoms. The normalized spacial score (nSPS) is 11.1. The monoisotopic (exact) mass is 227 g/mol. The van der Waals surface area contributed by atoms with Crippen LogP contribution < -0.4 is 9.79 Å². The Hall–Kier alpha value is 0.0700. The van der Waals surface area contributed by atoms with Crippen LogP contribution in [0.5, 0.6) is 0 Å². The molecule has 0 spiro atoms. The number of quaternary nitrogens is 1. The van der Waals surface area contributed by atoms with Crippen molar-refractivity contribution in [1.29, 1.82) is 0 Å². The van der Waals surface area contributed by atoms with E-state index in [1.807, 2.05) is 0 Å². The van der Waals surface area contributed by atoms with Gasteiger partial charge < -0.3 is 18.8 Å². The van der Waals surface area contributed by atoms with Crippen LogP contribution in [0.15, 0.2) is 0 Å². The summed E-state index contributed by atoms with van der Waals surface area (Å²) in [4.78, 5) is 11.9. The van der Waals surface area contributed by atoms with Crippen LogP contribution >= 0.6 is 7.82 Å². The zero-order chi connectivity index (χ0) is 11.6. The van der Waals surface area contributed by atoms with E-state index in [9.17, 15) is 9.46 Å². The Labute approximate surface area is 86.6 Å². The lowest BCUT2D eigenvalue weighted by Crippen LogP contribution is -3.05. The Morgan fingerprint density at radius 1 is 1.14 bits per heavy atom. The highest BCUT2D eigenvalue weighted by Gasteiger charge is 2.04. The Kier molecular flexibility index (Phi) is 11.3. The summed E-state index contributed by atoms with van der Waals surface area (Å²) < 4.78 is 18.9. The molecule has 0 atom stereocenters. The first kappa shape index (κ1) is 16.5. The van der Waals surface area contributed by atoms with E-state index in [1.165, 1.54) is 11.4 Å². The third kappa shape index (κ3) is 14.6. The molecule has 0 bridgehead atoms. The molecule has 0 unspecified atom stereocenters.